The van der Waals surface area contributed by atoms with Crippen LogP contribution in [0.2, 0.25) is 0 Å². The van der Waals surface area contributed by atoms with Gasteiger partial charge in [-0.05, 0) is 35.4 Å². The number of methoxy groups -OCH3 is 1. The van der Waals surface area contributed by atoms with Crippen LogP contribution in [-0.4, -0.2) is 24.5 Å². The Bertz CT molecular complexity index is 777. The summed E-state index contributed by atoms with van der Waals surface area (Å²) in [6.07, 6.45) is 1.91. The van der Waals surface area contributed by atoms with E-state index in [1.807, 2.05) is 12.3 Å². The molecule has 7 heteroatoms. The highest BCUT2D eigenvalue weighted by Gasteiger charge is 2.26. The summed E-state index contributed by atoms with van der Waals surface area (Å²) in [6, 6.07) is 14.8. The highest BCUT2D eigenvalue weighted by Crippen LogP contribution is 2.23. The van der Waals surface area contributed by atoms with Crippen molar-refractivity contribution >= 4 is 5.91 Å². The zero-order chi connectivity index (χ0) is 17.4. The summed E-state index contributed by atoms with van der Waals surface area (Å²) >= 11 is 0. The SMILES string of the molecule is COc1ccc(C(=O)N(C#N)C(CN=[N+]=[N-])c2ccccc2)cc1. The minimum absolute atomic E-state index is 0.0318. The highest BCUT2D eigenvalue weighted by molar-refractivity contribution is 5.95. The molecular formula is C17H15N5O2. The predicted molar refractivity (Wildman–Crippen MR) is 88.0 cm³/mol. The van der Waals surface area contributed by atoms with Crippen LogP contribution in [0.5, 0.6) is 5.75 Å². The minimum Gasteiger partial charge on any atom is -0.497 e. The maximum atomic E-state index is 12.7. The van der Waals surface area contributed by atoms with Crippen LogP contribution in [-0.2, 0) is 0 Å². The van der Waals surface area contributed by atoms with Gasteiger partial charge in [0, 0.05) is 10.5 Å². The number of nitrogens with zero attached hydrogens (tertiary/aromatic N) is 5. The van der Waals surface area contributed by atoms with Gasteiger partial charge in [-0.3, -0.25) is 4.79 Å². The van der Waals surface area contributed by atoms with E-state index in [9.17, 15) is 10.1 Å². The zero-order valence-corrected chi connectivity index (χ0v) is 13.0. The maximum absolute atomic E-state index is 12.7. The first-order valence-electron chi connectivity index (χ1n) is 7.14. The first-order chi connectivity index (χ1) is 11.7. The van der Waals surface area contributed by atoms with E-state index in [0.29, 0.717) is 16.9 Å². The zero-order valence-electron chi connectivity index (χ0n) is 13.0. The molecule has 0 aliphatic rings. The Labute approximate surface area is 139 Å². The molecule has 0 heterocycles. The van der Waals surface area contributed by atoms with Gasteiger partial charge in [-0.2, -0.15) is 5.26 Å². The molecule has 7 nitrogen and oxygen atoms in total. The van der Waals surface area contributed by atoms with E-state index in [1.54, 1.807) is 48.5 Å². The molecule has 24 heavy (non-hydrogen) atoms. The van der Waals surface area contributed by atoms with Crippen molar-refractivity contribution in [1.82, 2.24) is 4.90 Å². The molecule has 2 aromatic rings. The van der Waals surface area contributed by atoms with Crippen LogP contribution in [0.25, 0.3) is 10.4 Å². The van der Waals surface area contributed by atoms with Crippen molar-refractivity contribution in [3.8, 4) is 11.9 Å². The lowest BCUT2D eigenvalue weighted by atomic mass is 10.0. The second kappa shape index (κ2) is 8.22. The Morgan fingerprint density at radius 1 is 1.29 bits per heavy atom. The van der Waals surface area contributed by atoms with Crippen molar-refractivity contribution in [2.75, 3.05) is 13.7 Å². The summed E-state index contributed by atoms with van der Waals surface area (Å²) < 4.78 is 5.06. The molecule has 1 unspecified atom stereocenters. The highest BCUT2D eigenvalue weighted by atomic mass is 16.5. The van der Waals surface area contributed by atoms with Gasteiger partial charge in [0.1, 0.15) is 5.75 Å². The third-order valence-electron chi connectivity index (χ3n) is 3.48. The summed E-state index contributed by atoms with van der Waals surface area (Å²) in [5, 5.41) is 13.0. The third kappa shape index (κ3) is 3.83. The third-order valence-corrected chi connectivity index (χ3v) is 3.48. The molecular weight excluding hydrogens is 306 g/mol. The molecule has 0 saturated heterocycles. The smallest absolute Gasteiger partial charge is 0.267 e. The van der Waals surface area contributed by atoms with Gasteiger partial charge in [-0.15, -0.1) is 0 Å². The van der Waals surface area contributed by atoms with Gasteiger partial charge < -0.3 is 4.74 Å². The number of hydrogen-bond acceptors (Lipinski definition) is 4. The van der Waals surface area contributed by atoms with Crippen LogP contribution in [0.3, 0.4) is 0 Å². The van der Waals surface area contributed by atoms with Gasteiger partial charge in [-0.1, -0.05) is 35.4 Å². The number of carbonyl (C=O) groups is 1. The van der Waals surface area contributed by atoms with Crippen molar-refractivity contribution < 1.29 is 9.53 Å². The Hall–Kier alpha value is -3.49. The van der Waals surface area contributed by atoms with Gasteiger partial charge in [0.2, 0.25) is 0 Å². The van der Waals surface area contributed by atoms with Crippen LogP contribution in [0, 0.1) is 11.5 Å². The second-order valence-corrected chi connectivity index (χ2v) is 4.84. The van der Waals surface area contributed by atoms with Crippen LogP contribution in [0.15, 0.2) is 59.7 Å². The molecule has 0 aromatic heterocycles. The summed E-state index contributed by atoms with van der Waals surface area (Å²) in [7, 11) is 1.53. The minimum atomic E-state index is -0.665. The molecule has 0 aliphatic carbocycles. The molecule has 0 aliphatic heterocycles. The Morgan fingerprint density at radius 3 is 2.50 bits per heavy atom. The average Bonchev–Trinajstić information content (AvgIpc) is 2.65. The number of azide groups is 1. The Balaban J connectivity index is 2.35. The first-order valence-corrected chi connectivity index (χ1v) is 7.14. The summed E-state index contributed by atoms with van der Waals surface area (Å²) in [4.78, 5) is 16.4. The van der Waals surface area contributed by atoms with Crippen molar-refractivity contribution in [1.29, 1.82) is 5.26 Å². The van der Waals surface area contributed by atoms with E-state index in [0.717, 1.165) is 4.90 Å². The number of nitriles is 1. The van der Waals surface area contributed by atoms with Gasteiger partial charge in [0.15, 0.2) is 6.19 Å². The van der Waals surface area contributed by atoms with Crippen molar-refractivity contribution in [2.45, 2.75) is 6.04 Å². The maximum Gasteiger partial charge on any atom is 0.267 e. The number of rotatable bonds is 6. The standard InChI is InChI=1S/C17H15N5O2/c1-24-15-9-7-14(8-10-15)17(23)22(12-18)16(11-20-21-19)13-5-3-2-4-6-13/h2-10,16H,11H2,1H3. The van der Waals surface area contributed by atoms with E-state index in [4.69, 9.17) is 10.3 Å². The topological polar surface area (TPSA) is 102 Å². The number of carbonyl (C=O) groups excluding carboxylic acids is 1. The lowest BCUT2D eigenvalue weighted by Gasteiger charge is -2.24. The predicted octanol–water partition coefficient (Wildman–Crippen LogP) is 3.67. The largest absolute Gasteiger partial charge is 0.497 e. The summed E-state index contributed by atoms with van der Waals surface area (Å²) in [6.45, 7) is -0.0318. The Morgan fingerprint density at radius 2 is 1.96 bits per heavy atom. The molecule has 2 aromatic carbocycles. The second-order valence-electron chi connectivity index (χ2n) is 4.84. The van der Waals surface area contributed by atoms with Gasteiger partial charge >= 0.3 is 0 Å². The van der Waals surface area contributed by atoms with E-state index >= 15 is 0 Å². The van der Waals surface area contributed by atoms with Gasteiger partial charge in [0.05, 0.1) is 19.7 Å². The molecule has 0 N–H and O–H groups in total. The van der Waals surface area contributed by atoms with E-state index in [1.165, 1.54) is 7.11 Å². The number of amides is 1. The summed E-state index contributed by atoms with van der Waals surface area (Å²) in [5.41, 5.74) is 9.65. The molecule has 0 fully saturated rings. The lowest BCUT2D eigenvalue weighted by Crippen LogP contribution is -2.32. The van der Waals surface area contributed by atoms with E-state index < -0.39 is 11.9 Å². The monoisotopic (exact) mass is 321 g/mol. The van der Waals surface area contributed by atoms with Crippen molar-refractivity contribution in [2.24, 2.45) is 5.11 Å². The van der Waals surface area contributed by atoms with Gasteiger partial charge in [0.25, 0.3) is 5.91 Å². The number of hydrogen-bond donors (Lipinski definition) is 0. The Kier molecular flexibility index (Phi) is 5.78. The van der Waals surface area contributed by atoms with Crippen LogP contribution in [0.4, 0.5) is 0 Å². The first kappa shape index (κ1) is 16.9. The molecule has 1 amide bonds. The molecule has 2 rings (SSSR count). The van der Waals surface area contributed by atoms with Crippen molar-refractivity contribution in [3.63, 3.8) is 0 Å². The fraction of sp³-hybridized carbons (Fsp3) is 0.176. The fourth-order valence-corrected chi connectivity index (χ4v) is 2.25. The average molecular weight is 321 g/mol. The fourth-order valence-electron chi connectivity index (χ4n) is 2.25. The molecule has 0 saturated carbocycles. The molecule has 0 bridgehead atoms. The lowest BCUT2D eigenvalue weighted by molar-refractivity contribution is 0.0784. The molecule has 1 atom stereocenters. The van der Waals surface area contributed by atoms with Crippen LogP contribution >= 0.6 is 0 Å². The summed E-state index contributed by atoms with van der Waals surface area (Å²) in [5.74, 6) is 0.144. The quantitative estimate of drug-likeness (QED) is 0.266. The van der Waals surface area contributed by atoms with Crippen molar-refractivity contribution in [3.05, 3.63) is 76.2 Å². The van der Waals surface area contributed by atoms with Crippen LogP contribution in [0.1, 0.15) is 22.0 Å². The molecule has 0 spiro atoms. The molecule has 120 valence electrons. The van der Waals surface area contributed by atoms with E-state index in [-0.39, 0.29) is 6.54 Å². The normalized spacial score (nSPS) is 10.8. The van der Waals surface area contributed by atoms with E-state index in [2.05, 4.69) is 10.0 Å². The van der Waals surface area contributed by atoms with Crippen LogP contribution < -0.4 is 4.74 Å². The molecule has 0 radical (unpaired) electrons. The van der Waals surface area contributed by atoms with Gasteiger partial charge in [-0.25, -0.2) is 4.90 Å². The number of ether oxygens (including phenoxy) is 1. The number of benzene rings is 2.